The number of hydrogen-bond donors (Lipinski definition) is 0. The first-order chi connectivity index (χ1) is 9.76. The normalized spacial score (nSPS) is 10.5. The van der Waals surface area contributed by atoms with E-state index in [0.717, 1.165) is 6.42 Å². The number of rotatable bonds is 13. The molecule has 0 atom stereocenters. The summed E-state index contributed by atoms with van der Waals surface area (Å²) in [5.74, 6) is 0. The molecule has 0 aromatic rings. The molecule has 20 heavy (non-hydrogen) atoms. The van der Waals surface area contributed by atoms with Crippen molar-refractivity contribution in [2.45, 2.75) is 104 Å². The number of hydrogen-bond acceptors (Lipinski definition) is 2. The van der Waals surface area contributed by atoms with Crippen LogP contribution in [0.1, 0.15) is 97.8 Å². The molecular weight excluding hydrogens is 248 g/mol. The molecule has 0 heterocycles. The molecule has 2 nitrogen and oxygen atoms in total. The van der Waals surface area contributed by atoms with E-state index in [9.17, 15) is 0 Å². The number of methoxy groups -OCH3 is 2. The van der Waals surface area contributed by atoms with Gasteiger partial charge in [-0.05, 0) is 12.8 Å². The summed E-state index contributed by atoms with van der Waals surface area (Å²) in [6.45, 7) is 6.74. The molecule has 0 unspecified atom stereocenters. The quantitative estimate of drug-likeness (QED) is 0.291. The van der Waals surface area contributed by atoms with Crippen LogP contribution >= 0.6 is 0 Å². The molecule has 0 spiro atoms. The molecule has 0 aliphatic heterocycles. The summed E-state index contributed by atoms with van der Waals surface area (Å²) in [5, 5.41) is 0. The summed E-state index contributed by atoms with van der Waals surface area (Å²) in [4.78, 5) is 0. The van der Waals surface area contributed by atoms with Crippen LogP contribution in [0.4, 0.5) is 0 Å². The van der Waals surface area contributed by atoms with Crippen molar-refractivity contribution < 1.29 is 9.47 Å². The predicted molar refractivity (Wildman–Crippen MR) is 90.2 cm³/mol. The van der Waals surface area contributed by atoms with Gasteiger partial charge in [-0.25, -0.2) is 0 Å². The standard InChI is InChI=1S/C10H22O2.C8H18/c1-4-5-6-7-8-9-10(11-2)12-3;1-3-5-7-8-6-4-2/h10H,4-9H2,1-3H3;3-8H2,1-2H3. The SMILES string of the molecule is CCCCCCCC.CCCCCCCC(OC)OC. The smallest absolute Gasteiger partial charge is 0.156 e. The van der Waals surface area contributed by atoms with Gasteiger partial charge in [0.25, 0.3) is 0 Å². The van der Waals surface area contributed by atoms with Gasteiger partial charge in [0.05, 0.1) is 0 Å². The molecule has 0 rings (SSSR count). The maximum Gasteiger partial charge on any atom is 0.156 e. The first kappa shape index (κ1) is 22.2. The van der Waals surface area contributed by atoms with E-state index >= 15 is 0 Å². The Morgan fingerprint density at radius 2 is 0.900 bits per heavy atom. The second-order valence-electron chi connectivity index (χ2n) is 5.52. The molecule has 124 valence electrons. The average Bonchev–Trinajstić information content (AvgIpc) is 2.48. The topological polar surface area (TPSA) is 18.5 Å². The number of unbranched alkanes of at least 4 members (excludes halogenated alkanes) is 9. The fourth-order valence-electron chi connectivity index (χ4n) is 2.10. The van der Waals surface area contributed by atoms with Crippen molar-refractivity contribution in [3.63, 3.8) is 0 Å². The minimum atomic E-state index is 0.00614. The van der Waals surface area contributed by atoms with Crippen LogP contribution in [0.25, 0.3) is 0 Å². The Bertz CT molecular complexity index is 138. The zero-order chi connectivity index (χ0) is 15.5. The maximum absolute atomic E-state index is 5.08. The van der Waals surface area contributed by atoms with E-state index in [4.69, 9.17) is 9.47 Å². The van der Waals surface area contributed by atoms with Gasteiger partial charge in [0.2, 0.25) is 0 Å². The van der Waals surface area contributed by atoms with Gasteiger partial charge in [0.1, 0.15) is 0 Å². The van der Waals surface area contributed by atoms with E-state index < -0.39 is 0 Å². The van der Waals surface area contributed by atoms with Crippen LogP contribution in [0.3, 0.4) is 0 Å². The zero-order valence-corrected chi connectivity index (χ0v) is 14.9. The van der Waals surface area contributed by atoms with Crippen molar-refractivity contribution in [2.75, 3.05) is 14.2 Å². The average molecular weight is 289 g/mol. The van der Waals surface area contributed by atoms with Gasteiger partial charge in [-0.3, -0.25) is 0 Å². The fraction of sp³-hybridized carbons (Fsp3) is 1.00. The van der Waals surface area contributed by atoms with Gasteiger partial charge in [-0.1, -0.05) is 85.0 Å². The van der Waals surface area contributed by atoms with Gasteiger partial charge >= 0.3 is 0 Å². The Labute approximate surface area is 128 Å². The first-order valence-electron chi connectivity index (χ1n) is 8.82. The molecule has 0 amide bonds. The summed E-state index contributed by atoms with van der Waals surface area (Å²) in [5.41, 5.74) is 0. The highest BCUT2D eigenvalue weighted by Gasteiger charge is 2.02. The van der Waals surface area contributed by atoms with Crippen molar-refractivity contribution in [2.24, 2.45) is 0 Å². The zero-order valence-electron chi connectivity index (χ0n) is 14.9. The molecule has 0 aliphatic carbocycles. The van der Waals surface area contributed by atoms with Crippen LogP contribution in [0, 0.1) is 0 Å². The number of ether oxygens (including phenoxy) is 2. The molecule has 0 radical (unpaired) electrons. The van der Waals surface area contributed by atoms with Gasteiger partial charge in [0, 0.05) is 14.2 Å². The summed E-state index contributed by atoms with van der Waals surface area (Å²) in [7, 11) is 3.39. The summed E-state index contributed by atoms with van der Waals surface area (Å²) < 4.78 is 10.2. The lowest BCUT2D eigenvalue weighted by atomic mass is 10.1. The lowest BCUT2D eigenvalue weighted by molar-refractivity contribution is -0.107. The van der Waals surface area contributed by atoms with Crippen molar-refractivity contribution >= 4 is 0 Å². The Morgan fingerprint density at radius 1 is 0.550 bits per heavy atom. The molecular formula is C18H40O2. The minimum absolute atomic E-state index is 0.00614. The lowest BCUT2D eigenvalue weighted by Crippen LogP contribution is -2.12. The van der Waals surface area contributed by atoms with E-state index in [1.807, 2.05) is 0 Å². The second-order valence-corrected chi connectivity index (χ2v) is 5.52. The summed E-state index contributed by atoms with van der Waals surface area (Å²) >= 11 is 0. The van der Waals surface area contributed by atoms with Crippen LogP contribution in [-0.4, -0.2) is 20.5 Å². The molecule has 2 heteroatoms. The van der Waals surface area contributed by atoms with Crippen LogP contribution in [0.5, 0.6) is 0 Å². The Morgan fingerprint density at radius 3 is 1.20 bits per heavy atom. The minimum Gasteiger partial charge on any atom is -0.356 e. The molecule has 0 aliphatic rings. The third kappa shape index (κ3) is 20.2. The van der Waals surface area contributed by atoms with Gasteiger partial charge < -0.3 is 9.47 Å². The monoisotopic (exact) mass is 288 g/mol. The maximum atomic E-state index is 5.08. The Balaban J connectivity index is 0. The highest BCUT2D eigenvalue weighted by Crippen LogP contribution is 2.09. The van der Waals surface area contributed by atoms with Crippen molar-refractivity contribution in [1.29, 1.82) is 0 Å². The first-order valence-corrected chi connectivity index (χ1v) is 8.82. The van der Waals surface area contributed by atoms with E-state index in [0.29, 0.717) is 0 Å². The lowest BCUT2D eigenvalue weighted by Gasteiger charge is -2.12. The van der Waals surface area contributed by atoms with Crippen LogP contribution in [0.2, 0.25) is 0 Å². The van der Waals surface area contributed by atoms with Crippen LogP contribution in [0.15, 0.2) is 0 Å². The molecule has 0 saturated carbocycles. The van der Waals surface area contributed by atoms with Crippen molar-refractivity contribution in [1.82, 2.24) is 0 Å². The van der Waals surface area contributed by atoms with Crippen LogP contribution < -0.4 is 0 Å². The fourth-order valence-corrected chi connectivity index (χ4v) is 2.10. The Hall–Kier alpha value is -0.0800. The van der Waals surface area contributed by atoms with Gasteiger partial charge in [0.15, 0.2) is 6.29 Å². The van der Waals surface area contributed by atoms with E-state index in [2.05, 4.69) is 20.8 Å². The van der Waals surface area contributed by atoms with Crippen molar-refractivity contribution in [3.8, 4) is 0 Å². The molecule has 0 fully saturated rings. The molecule has 0 aromatic carbocycles. The summed E-state index contributed by atoms with van der Waals surface area (Å²) in [6.07, 6.45) is 16.0. The summed E-state index contributed by atoms with van der Waals surface area (Å²) in [6, 6.07) is 0. The van der Waals surface area contributed by atoms with Crippen molar-refractivity contribution in [3.05, 3.63) is 0 Å². The van der Waals surface area contributed by atoms with Crippen LogP contribution in [-0.2, 0) is 9.47 Å². The highest BCUT2D eigenvalue weighted by molar-refractivity contribution is 4.46. The third-order valence-corrected chi connectivity index (χ3v) is 3.53. The van der Waals surface area contributed by atoms with E-state index in [1.54, 1.807) is 14.2 Å². The van der Waals surface area contributed by atoms with Gasteiger partial charge in [-0.2, -0.15) is 0 Å². The Kier molecular flexibility index (Phi) is 23.6. The van der Waals surface area contributed by atoms with E-state index in [-0.39, 0.29) is 6.29 Å². The molecule has 0 aromatic heterocycles. The highest BCUT2D eigenvalue weighted by atomic mass is 16.7. The second kappa shape index (κ2) is 21.2. The third-order valence-electron chi connectivity index (χ3n) is 3.53. The predicted octanol–water partition coefficient (Wildman–Crippen LogP) is 6.33. The largest absolute Gasteiger partial charge is 0.356 e. The molecule has 0 saturated heterocycles. The molecule has 0 bridgehead atoms. The van der Waals surface area contributed by atoms with E-state index in [1.165, 1.54) is 70.6 Å². The van der Waals surface area contributed by atoms with Gasteiger partial charge in [-0.15, -0.1) is 0 Å². The molecule has 0 N–H and O–H groups in total.